The van der Waals surface area contributed by atoms with Gasteiger partial charge in [0, 0.05) is 16.5 Å². The molecular weight excluding hydrogens is 481 g/mol. The van der Waals surface area contributed by atoms with Gasteiger partial charge in [-0.15, -0.1) is 13.2 Å². The van der Waals surface area contributed by atoms with E-state index in [4.69, 9.17) is 4.74 Å². The van der Waals surface area contributed by atoms with Crippen LogP contribution in [0.2, 0.25) is 0 Å². The van der Waals surface area contributed by atoms with Gasteiger partial charge in [0.05, 0.1) is 31.1 Å². The number of fused-ring (bicyclic) bond motifs is 1. The third-order valence-electron chi connectivity index (χ3n) is 5.17. The minimum absolute atomic E-state index is 0.0199. The second-order valence-corrected chi connectivity index (χ2v) is 10.8. The third-order valence-corrected chi connectivity index (χ3v) is 8.38. The van der Waals surface area contributed by atoms with Crippen LogP contribution in [0.15, 0.2) is 53.5 Å². The van der Waals surface area contributed by atoms with E-state index in [1.807, 2.05) is 0 Å². The van der Waals surface area contributed by atoms with Gasteiger partial charge in [0.2, 0.25) is 0 Å². The number of carbonyl (C=O) groups is 1. The Bertz CT molecular complexity index is 1180. The number of methoxy groups -OCH3 is 1. The van der Waals surface area contributed by atoms with Crippen LogP contribution in [0, 0.1) is 0 Å². The summed E-state index contributed by atoms with van der Waals surface area (Å²) in [5, 5.41) is -0.0248. The van der Waals surface area contributed by atoms with Crippen molar-refractivity contribution in [1.29, 1.82) is 0 Å². The standard InChI is InChI=1S/C21H19F3N2O5S2/c1-30-17-5-3-2-4-13(17)10-19(27)25-20-26(16-11-33(28,29)12-18(16)32-20)14-6-8-15(9-7-14)31-21(22,23)24/h2-9,16,18H,10-12H2,1H3. The van der Waals surface area contributed by atoms with Crippen molar-refractivity contribution < 1.29 is 35.9 Å². The zero-order valence-corrected chi connectivity index (χ0v) is 18.9. The van der Waals surface area contributed by atoms with E-state index < -0.39 is 33.9 Å². The molecule has 2 aliphatic rings. The van der Waals surface area contributed by atoms with Crippen molar-refractivity contribution in [3.63, 3.8) is 0 Å². The van der Waals surface area contributed by atoms with E-state index in [1.54, 1.807) is 29.2 Å². The van der Waals surface area contributed by atoms with Gasteiger partial charge in [0.1, 0.15) is 11.5 Å². The molecule has 33 heavy (non-hydrogen) atoms. The summed E-state index contributed by atoms with van der Waals surface area (Å²) >= 11 is 1.18. The van der Waals surface area contributed by atoms with E-state index in [9.17, 15) is 26.4 Å². The van der Waals surface area contributed by atoms with Crippen molar-refractivity contribution in [2.45, 2.75) is 24.1 Å². The highest BCUT2D eigenvalue weighted by Crippen LogP contribution is 2.41. The number of nitrogens with zero attached hydrogens (tertiary/aromatic N) is 2. The second kappa shape index (κ2) is 8.90. The Morgan fingerprint density at radius 3 is 2.52 bits per heavy atom. The number of sulfone groups is 1. The summed E-state index contributed by atoms with van der Waals surface area (Å²) in [5.74, 6) is -0.504. The van der Waals surface area contributed by atoms with Gasteiger partial charge in [-0.05, 0) is 30.3 Å². The molecule has 12 heteroatoms. The zero-order chi connectivity index (χ0) is 23.8. The highest BCUT2D eigenvalue weighted by Gasteiger charge is 2.49. The van der Waals surface area contributed by atoms with Crippen molar-refractivity contribution in [1.82, 2.24) is 0 Å². The maximum atomic E-state index is 12.7. The first-order chi connectivity index (χ1) is 15.5. The molecule has 0 aliphatic carbocycles. The molecule has 2 fully saturated rings. The van der Waals surface area contributed by atoms with E-state index in [-0.39, 0.29) is 23.2 Å². The number of amides is 1. The number of carbonyl (C=O) groups excluding carboxylic acids is 1. The average molecular weight is 501 g/mol. The predicted octanol–water partition coefficient (Wildman–Crippen LogP) is 3.44. The number of anilines is 1. The predicted molar refractivity (Wildman–Crippen MR) is 119 cm³/mol. The number of hydrogen-bond acceptors (Lipinski definition) is 6. The maximum Gasteiger partial charge on any atom is 0.573 e. The summed E-state index contributed by atoms with van der Waals surface area (Å²) in [4.78, 5) is 18.6. The Labute approximate surface area is 192 Å². The van der Waals surface area contributed by atoms with Crippen LogP contribution < -0.4 is 14.4 Å². The van der Waals surface area contributed by atoms with Crippen molar-refractivity contribution in [2.75, 3.05) is 23.5 Å². The number of halogens is 3. The van der Waals surface area contributed by atoms with Crippen molar-refractivity contribution in [3.05, 3.63) is 54.1 Å². The lowest BCUT2D eigenvalue weighted by Crippen LogP contribution is -2.37. The normalized spacial score (nSPS) is 22.9. The number of amidine groups is 1. The number of rotatable bonds is 5. The summed E-state index contributed by atoms with van der Waals surface area (Å²) in [6.45, 7) is 0. The lowest BCUT2D eigenvalue weighted by Gasteiger charge is -2.24. The van der Waals surface area contributed by atoms with Crippen molar-refractivity contribution in [3.8, 4) is 11.5 Å². The average Bonchev–Trinajstić information content (AvgIpc) is 3.18. The largest absolute Gasteiger partial charge is 0.573 e. The monoisotopic (exact) mass is 500 g/mol. The lowest BCUT2D eigenvalue weighted by atomic mass is 10.1. The van der Waals surface area contributed by atoms with Gasteiger partial charge in [0.15, 0.2) is 15.0 Å². The number of thioether (sulfide) groups is 1. The lowest BCUT2D eigenvalue weighted by molar-refractivity contribution is -0.274. The van der Waals surface area contributed by atoms with Gasteiger partial charge in [-0.3, -0.25) is 4.79 Å². The fourth-order valence-electron chi connectivity index (χ4n) is 3.83. The van der Waals surface area contributed by atoms with Crippen LogP contribution in [-0.4, -0.2) is 55.8 Å². The van der Waals surface area contributed by atoms with Gasteiger partial charge in [-0.25, -0.2) is 8.42 Å². The van der Waals surface area contributed by atoms with Crippen LogP contribution in [0.25, 0.3) is 0 Å². The summed E-state index contributed by atoms with van der Waals surface area (Å²) in [6.07, 6.45) is -4.85. The number of hydrogen-bond donors (Lipinski definition) is 0. The van der Waals surface area contributed by atoms with Crippen LogP contribution in [0.5, 0.6) is 11.5 Å². The molecule has 1 amide bonds. The third kappa shape index (κ3) is 5.44. The summed E-state index contributed by atoms with van der Waals surface area (Å²) in [5.41, 5.74) is 1.07. The zero-order valence-electron chi connectivity index (χ0n) is 17.3. The molecule has 2 atom stereocenters. The minimum atomic E-state index is -4.83. The quantitative estimate of drug-likeness (QED) is 0.622. The summed E-state index contributed by atoms with van der Waals surface area (Å²) in [7, 11) is -1.78. The molecule has 0 radical (unpaired) electrons. The molecule has 7 nitrogen and oxygen atoms in total. The fourth-order valence-corrected chi connectivity index (χ4v) is 7.76. The molecule has 2 unspecified atom stereocenters. The molecule has 0 aromatic heterocycles. The van der Waals surface area contributed by atoms with Gasteiger partial charge in [-0.2, -0.15) is 4.99 Å². The van der Waals surface area contributed by atoms with Crippen LogP contribution in [0.1, 0.15) is 5.56 Å². The molecule has 0 N–H and O–H groups in total. The Morgan fingerprint density at radius 1 is 1.15 bits per heavy atom. The highest BCUT2D eigenvalue weighted by molar-refractivity contribution is 8.16. The molecule has 2 heterocycles. The number of para-hydroxylation sites is 1. The highest BCUT2D eigenvalue weighted by atomic mass is 32.2. The Balaban J connectivity index is 1.62. The molecule has 2 aromatic rings. The smallest absolute Gasteiger partial charge is 0.496 e. The molecule has 0 saturated carbocycles. The van der Waals surface area contributed by atoms with Gasteiger partial charge < -0.3 is 14.4 Å². The van der Waals surface area contributed by atoms with Crippen LogP contribution >= 0.6 is 11.8 Å². The van der Waals surface area contributed by atoms with E-state index in [0.29, 0.717) is 22.2 Å². The van der Waals surface area contributed by atoms with Crippen LogP contribution in [-0.2, 0) is 21.1 Å². The van der Waals surface area contributed by atoms with E-state index in [0.717, 1.165) is 12.1 Å². The first-order valence-electron chi connectivity index (χ1n) is 9.80. The molecule has 2 saturated heterocycles. The molecule has 0 bridgehead atoms. The van der Waals surface area contributed by atoms with Crippen LogP contribution in [0.4, 0.5) is 18.9 Å². The van der Waals surface area contributed by atoms with E-state index in [1.165, 1.54) is 31.0 Å². The Morgan fingerprint density at radius 2 is 1.85 bits per heavy atom. The molecule has 2 aliphatic heterocycles. The number of ether oxygens (including phenoxy) is 2. The molecule has 0 spiro atoms. The van der Waals surface area contributed by atoms with Gasteiger partial charge >= 0.3 is 6.36 Å². The second-order valence-electron chi connectivity index (χ2n) is 7.49. The maximum absolute atomic E-state index is 12.7. The van der Waals surface area contributed by atoms with E-state index >= 15 is 0 Å². The molecule has 2 aromatic carbocycles. The van der Waals surface area contributed by atoms with Crippen LogP contribution in [0.3, 0.4) is 0 Å². The number of aliphatic imine (C=N–C) groups is 1. The SMILES string of the molecule is COc1ccccc1CC(=O)N=C1SC2CS(=O)(=O)CC2N1c1ccc(OC(F)(F)F)cc1. The minimum Gasteiger partial charge on any atom is -0.496 e. The number of alkyl halides is 3. The molecular formula is C21H19F3N2O5S2. The fraction of sp³-hybridized carbons (Fsp3) is 0.333. The first kappa shape index (κ1) is 23.4. The molecule has 176 valence electrons. The summed E-state index contributed by atoms with van der Waals surface area (Å²) < 4.78 is 70.9. The Hall–Kier alpha value is -2.73. The van der Waals surface area contributed by atoms with Gasteiger partial charge in [-0.1, -0.05) is 30.0 Å². The number of benzene rings is 2. The van der Waals surface area contributed by atoms with E-state index in [2.05, 4.69) is 9.73 Å². The topological polar surface area (TPSA) is 85.3 Å². The first-order valence-corrected chi connectivity index (χ1v) is 12.5. The molecule has 4 rings (SSSR count). The van der Waals surface area contributed by atoms with Crippen molar-refractivity contribution >= 4 is 38.4 Å². The summed E-state index contributed by atoms with van der Waals surface area (Å²) in [6, 6.07) is 11.6. The van der Waals surface area contributed by atoms with Crippen molar-refractivity contribution in [2.24, 2.45) is 4.99 Å². The van der Waals surface area contributed by atoms with Gasteiger partial charge in [0.25, 0.3) is 5.91 Å². The Kier molecular flexibility index (Phi) is 6.32.